The van der Waals surface area contributed by atoms with Gasteiger partial charge in [-0.25, -0.2) is 4.39 Å². The number of rotatable bonds is 3. The van der Waals surface area contributed by atoms with E-state index in [1.165, 1.54) is 6.07 Å². The highest BCUT2D eigenvalue weighted by Crippen LogP contribution is 2.35. The van der Waals surface area contributed by atoms with Gasteiger partial charge in [0.1, 0.15) is 0 Å². The fourth-order valence-corrected chi connectivity index (χ4v) is 4.14. The summed E-state index contributed by atoms with van der Waals surface area (Å²) in [5, 5.41) is 10.6. The number of hydrogen-bond donors (Lipinski definition) is 1. The molecule has 1 aromatic heterocycles. The van der Waals surface area contributed by atoms with Crippen LogP contribution in [0.4, 0.5) is 10.1 Å². The van der Waals surface area contributed by atoms with Gasteiger partial charge in [0.2, 0.25) is 0 Å². The molecule has 2 heterocycles. The zero-order valence-corrected chi connectivity index (χ0v) is 16.7. The van der Waals surface area contributed by atoms with Gasteiger partial charge in [0, 0.05) is 30.4 Å². The lowest BCUT2D eigenvalue weighted by Gasteiger charge is -2.36. The lowest BCUT2D eigenvalue weighted by atomic mass is 10.00. The smallest absolute Gasteiger partial charge is 0.170 e. The fraction of sp³-hybridized carbons (Fsp3) is 0.318. The number of phenols is 1. The summed E-state index contributed by atoms with van der Waals surface area (Å²) in [7, 11) is 4.29. The summed E-state index contributed by atoms with van der Waals surface area (Å²) in [5.74, 6) is -1.24. The lowest BCUT2D eigenvalue weighted by molar-refractivity contribution is 0.253. The quantitative estimate of drug-likeness (QED) is 0.677. The number of aromatic hydroxyl groups is 1. The van der Waals surface area contributed by atoms with Crippen molar-refractivity contribution in [2.45, 2.75) is 18.9 Å². The number of halogens is 2. The molecule has 0 unspecified atom stereocenters. The summed E-state index contributed by atoms with van der Waals surface area (Å²) < 4.78 is 14.0. The second-order valence-electron chi connectivity index (χ2n) is 7.50. The largest absolute Gasteiger partial charge is 0.504 e. The highest BCUT2D eigenvalue weighted by Gasteiger charge is 2.22. The van der Waals surface area contributed by atoms with E-state index in [2.05, 4.69) is 28.9 Å². The molecule has 0 radical (unpaired) electrons. The van der Waals surface area contributed by atoms with Crippen LogP contribution in [-0.2, 0) is 0 Å². The van der Waals surface area contributed by atoms with Gasteiger partial charge >= 0.3 is 0 Å². The molecule has 4 nitrogen and oxygen atoms in total. The van der Waals surface area contributed by atoms with Gasteiger partial charge in [-0.15, -0.1) is 0 Å². The number of nitrogens with zero attached hydrogens (tertiary/aromatic N) is 3. The Morgan fingerprint density at radius 1 is 1.14 bits per heavy atom. The number of benzene rings is 2. The Kier molecular flexibility index (Phi) is 5.13. The van der Waals surface area contributed by atoms with Crippen LogP contribution in [0.2, 0.25) is 5.02 Å². The average Bonchev–Trinajstić information content (AvgIpc) is 2.71. The molecular weight excluding hydrogens is 377 g/mol. The van der Waals surface area contributed by atoms with Gasteiger partial charge < -0.3 is 14.9 Å². The molecule has 0 spiro atoms. The van der Waals surface area contributed by atoms with E-state index in [9.17, 15) is 9.50 Å². The summed E-state index contributed by atoms with van der Waals surface area (Å²) >= 11 is 5.97. The van der Waals surface area contributed by atoms with Crippen LogP contribution < -0.4 is 4.90 Å². The Bertz CT molecular complexity index is 995. The molecule has 1 aliphatic heterocycles. The van der Waals surface area contributed by atoms with Crippen LogP contribution >= 0.6 is 11.6 Å². The Hall–Kier alpha value is -2.37. The van der Waals surface area contributed by atoms with Gasteiger partial charge in [0.15, 0.2) is 11.6 Å². The molecule has 6 heteroatoms. The first-order valence-electron chi connectivity index (χ1n) is 9.42. The lowest BCUT2D eigenvalue weighted by Crippen LogP contribution is -2.42. The SMILES string of the molecule is CN1CCC(N(C)c2ccnc3ccc(-c4cc(F)c(O)c(Cl)c4)cc23)CC1. The van der Waals surface area contributed by atoms with Crippen molar-refractivity contribution in [2.75, 3.05) is 32.1 Å². The monoisotopic (exact) mass is 399 g/mol. The molecule has 0 bridgehead atoms. The zero-order chi connectivity index (χ0) is 19.8. The third-order valence-corrected chi connectivity index (χ3v) is 5.97. The van der Waals surface area contributed by atoms with E-state index in [1.807, 2.05) is 30.5 Å². The van der Waals surface area contributed by atoms with Crippen molar-refractivity contribution in [3.8, 4) is 16.9 Å². The number of anilines is 1. The molecule has 146 valence electrons. The van der Waals surface area contributed by atoms with Gasteiger partial charge in [0.25, 0.3) is 0 Å². The summed E-state index contributed by atoms with van der Waals surface area (Å²) in [4.78, 5) is 9.19. The van der Waals surface area contributed by atoms with E-state index < -0.39 is 11.6 Å². The van der Waals surface area contributed by atoms with E-state index in [1.54, 1.807) is 6.07 Å². The average molecular weight is 400 g/mol. The maximum atomic E-state index is 14.0. The van der Waals surface area contributed by atoms with Crippen molar-refractivity contribution in [2.24, 2.45) is 0 Å². The number of pyridine rings is 1. The third kappa shape index (κ3) is 3.52. The Balaban J connectivity index is 1.76. The van der Waals surface area contributed by atoms with E-state index >= 15 is 0 Å². The van der Waals surface area contributed by atoms with Crippen LogP contribution in [0.15, 0.2) is 42.6 Å². The highest BCUT2D eigenvalue weighted by atomic mass is 35.5. The van der Waals surface area contributed by atoms with Crippen molar-refractivity contribution in [3.63, 3.8) is 0 Å². The van der Waals surface area contributed by atoms with E-state index in [0.29, 0.717) is 11.6 Å². The van der Waals surface area contributed by atoms with Crippen LogP contribution in [0.5, 0.6) is 5.75 Å². The van der Waals surface area contributed by atoms with Crippen molar-refractivity contribution < 1.29 is 9.50 Å². The number of fused-ring (bicyclic) bond motifs is 1. The van der Waals surface area contributed by atoms with E-state index in [-0.39, 0.29) is 5.02 Å². The van der Waals surface area contributed by atoms with Crippen molar-refractivity contribution in [3.05, 3.63) is 53.4 Å². The molecule has 0 amide bonds. The van der Waals surface area contributed by atoms with E-state index in [4.69, 9.17) is 11.6 Å². The second kappa shape index (κ2) is 7.57. The minimum atomic E-state index is -0.725. The number of aromatic nitrogens is 1. The first kappa shape index (κ1) is 19.0. The van der Waals surface area contributed by atoms with Crippen LogP contribution in [0, 0.1) is 5.82 Å². The van der Waals surface area contributed by atoms with Crippen LogP contribution in [-0.4, -0.2) is 48.2 Å². The fourth-order valence-electron chi connectivity index (χ4n) is 3.93. The van der Waals surface area contributed by atoms with Gasteiger partial charge in [-0.3, -0.25) is 4.98 Å². The predicted molar refractivity (Wildman–Crippen MR) is 113 cm³/mol. The minimum absolute atomic E-state index is 0.00458. The summed E-state index contributed by atoms with van der Waals surface area (Å²) in [6.45, 7) is 2.18. The summed E-state index contributed by atoms with van der Waals surface area (Å²) in [6, 6.07) is 11.3. The number of likely N-dealkylation sites (tertiary alicyclic amines) is 1. The Labute approximate surface area is 169 Å². The van der Waals surface area contributed by atoms with Crippen LogP contribution in [0.3, 0.4) is 0 Å². The third-order valence-electron chi connectivity index (χ3n) is 5.68. The topological polar surface area (TPSA) is 39.6 Å². The standard InChI is InChI=1S/C22H23ClFN3O/c1-26-9-6-16(7-10-26)27(2)21-5-8-25-20-4-3-14(11-17(20)21)15-12-18(23)22(28)19(24)13-15/h3-5,8,11-13,16,28H,6-7,9-10H2,1-2H3. The summed E-state index contributed by atoms with van der Waals surface area (Å²) in [6.07, 6.45) is 4.07. The summed E-state index contributed by atoms with van der Waals surface area (Å²) in [5.41, 5.74) is 3.47. The molecule has 3 aromatic rings. The molecule has 0 atom stereocenters. The number of hydrogen-bond acceptors (Lipinski definition) is 4. The first-order chi connectivity index (χ1) is 13.4. The van der Waals surface area contributed by atoms with Gasteiger partial charge in [0.05, 0.1) is 10.5 Å². The predicted octanol–water partition coefficient (Wildman–Crippen LogP) is 4.93. The highest BCUT2D eigenvalue weighted by molar-refractivity contribution is 6.32. The second-order valence-corrected chi connectivity index (χ2v) is 7.90. The molecular formula is C22H23ClFN3O. The number of phenolic OH excluding ortho intramolecular Hbond substituents is 1. The molecule has 1 aliphatic rings. The molecule has 1 saturated heterocycles. The van der Waals surface area contributed by atoms with Crippen molar-refractivity contribution >= 4 is 28.2 Å². The molecule has 28 heavy (non-hydrogen) atoms. The van der Waals surface area contributed by atoms with Gasteiger partial charge in [-0.2, -0.15) is 0 Å². The molecule has 1 N–H and O–H groups in total. The van der Waals surface area contributed by atoms with Gasteiger partial charge in [-0.1, -0.05) is 17.7 Å². The molecule has 0 aliphatic carbocycles. The Morgan fingerprint density at radius 2 is 1.89 bits per heavy atom. The van der Waals surface area contributed by atoms with Crippen LogP contribution in [0.25, 0.3) is 22.0 Å². The first-order valence-corrected chi connectivity index (χ1v) is 9.80. The van der Waals surface area contributed by atoms with Gasteiger partial charge in [-0.05, 0) is 74.4 Å². The minimum Gasteiger partial charge on any atom is -0.504 e. The molecule has 4 rings (SSSR count). The van der Waals surface area contributed by atoms with Crippen molar-refractivity contribution in [1.29, 1.82) is 0 Å². The van der Waals surface area contributed by atoms with E-state index in [0.717, 1.165) is 48.1 Å². The Morgan fingerprint density at radius 3 is 2.61 bits per heavy atom. The van der Waals surface area contributed by atoms with Crippen molar-refractivity contribution in [1.82, 2.24) is 9.88 Å². The number of piperidine rings is 1. The maximum absolute atomic E-state index is 14.0. The molecule has 0 saturated carbocycles. The van der Waals surface area contributed by atoms with Crippen LogP contribution in [0.1, 0.15) is 12.8 Å². The maximum Gasteiger partial charge on any atom is 0.170 e. The molecule has 2 aromatic carbocycles. The zero-order valence-electron chi connectivity index (χ0n) is 16.0. The molecule has 1 fully saturated rings. The normalized spacial score (nSPS) is 15.9.